The van der Waals surface area contributed by atoms with Gasteiger partial charge in [0, 0.05) is 44.8 Å². The van der Waals surface area contributed by atoms with Gasteiger partial charge in [-0.15, -0.1) is 0 Å². The van der Waals surface area contributed by atoms with Crippen molar-refractivity contribution in [2.24, 2.45) is 0 Å². The topological polar surface area (TPSA) is 50.3 Å². The van der Waals surface area contributed by atoms with Gasteiger partial charge in [0.25, 0.3) is 0 Å². The predicted octanol–water partition coefficient (Wildman–Crippen LogP) is 2.39. The van der Waals surface area contributed by atoms with Crippen LogP contribution in [0.4, 0.5) is 11.6 Å². The summed E-state index contributed by atoms with van der Waals surface area (Å²) in [5, 5.41) is 3.35. The molecule has 0 aliphatic carbocycles. The summed E-state index contributed by atoms with van der Waals surface area (Å²) in [6, 6.07) is 0.511. The van der Waals surface area contributed by atoms with Crippen molar-refractivity contribution in [3.05, 3.63) is 11.4 Å². The average Bonchev–Trinajstić information content (AvgIpc) is 2.49. The Hall–Kier alpha value is -1.36. The summed E-state index contributed by atoms with van der Waals surface area (Å²) in [7, 11) is 2.14. The second kappa shape index (κ2) is 6.88. The highest BCUT2D eigenvalue weighted by Gasteiger charge is 2.22. The SMILES string of the molecule is CCNc1nc(CC)nc(N(C)C2CCOCC2)c1C. The molecule has 1 aliphatic heterocycles. The van der Waals surface area contributed by atoms with E-state index >= 15 is 0 Å². The van der Waals surface area contributed by atoms with Gasteiger partial charge in [0.15, 0.2) is 0 Å². The summed E-state index contributed by atoms with van der Waals surface area (Å²) in [5.74, 6) is 2.92. The smallest absolute Gasteiger partial charge is 0.137 e. The number of nitrogens with zero attached hydrogens (tertiary/aromatic N) is 3. The zero-order valence-corrected chi connectivity index (χ0v) is 13.1. The third kappa shape index (κ3) is 3.20. The zero-order valence-electron chi connectivity index (χ0n) is 13.1. The van der Waals surface area contributed by atoms with Crippen LogP contribution in [0.15, 0.2) is 0 Å². The Kier molecular flexibility index (Phi) is 5.17. The number of aromatic nitrogens is 2. The van der Waals surface area contributed by atoms with Crippen molar-refractivity contribution >= 4 is 11.6 Å². The molecule has 1 fully saturated rings. The predicted molar refractivity (Wildman–Crippen MR) is 82.6 cm³/mol. The van der Waals surface area contributed by atoms with Crippen molar-refractivity contribution < 1.29 is 4.74 Å². The molecule has 0 amide bonds. The van der Waals surface area contributed by atoms with Gasteiger partial charge in [-0.1, -0.05) is 6.92 Å². The lowest BCUT2D eigenvalue weighted by molar-refractivity contribution is 0.0853. The number of rotatable bonds is 5. The molecular formula is C15H26N4O. The molecule has 0 radical (unpaired) electrons. The molecular weight excluding hydrogens is 252 g/mol. The first-order valence-corrected chi connectivity index (χ1v) is 7.59. The molecule has 2 rings (SSSR count). The van der Waals surface area contributed by atoms with E-state index in [2.05, 4.69) is 43.0 Å². The van der Waals surface area contributed by atoms with Gasteiger partial charge in [0.1, 0.15) is 17.5 Å². The van der Waals surface area contributed by atoms with E-state index in [0.717, 1.165) is 62.0 Å². The van der Waals surface area contributed by atoms with Crippen LogP contribution < -0.4 is 10.2 Å². The van der Waals surface area contributed by atoms with E-state index in [9.17, 15) is 0 Å². The average molecular weight is 278 g/mol. The Morgan fingerprint density at radius 1 is 1.25 bits per heavy atom. The minimum Gasteiger partial charge on any atom is -0.381 e. The number of ether oxygens (including phenoxy) is 1. The molecule has 1 N–H and O–H groups in total. The highest BCUT2D eigenvalue weighted by Crippen LogP contribution is 2.26. The first-order valence-electron chi connectivity index (χ1n) is 7.59. The molecule has 5 heteroatoms. The highest BCUT2D eigenvalue weighted by molar-refractivity contribution is 5.58. The second-order valence-electron chi connectivity index (χ2n) is 5.28. The van der Waals surface area contributed by atoms with Gasteiger partial charge in [-0.3, -0.25) is 0 Å². The molecule has 2 heterocycles. The van der Waals surface area contributed by atoms with Crippen molar-refractivity contribution in [1.82, 2.24) is 9.97 Å². The van der Waals surface area contributed by atoms with E-state index in [0.29, 0.717) is 6.04 Å². The largest absolute Gasteiger partial charge is 0.381 e. The summed E-state index contributed by atoms with van der Waals surface area (Å²) in [6.45, 7) is 8.86. The zero-order chi connectivity index (χ0) is 14.5. The number of anilines is 2. The van der Waals surface area contributed by atoms with Gasteiger partial charge in [0.2, 0.25) is 0 Å². The van der Waals surface area contributed by atoms with E-state index in [4.69, 9.17) is 9.72 Å². The van der Waals surface area contributed by atoms with Crippen LogP contribution >= 0.6 is 0 Å². The lowest BCUT2D eigenvalue weighted by Gasteiger charge is -2.33. The van der Waals surface area contributed by atoms with Crippen LogP contribution in [0.3, 0.4) is 0 Å². The number of nitrogens with one attached hydrogen (secondary N) is 1. The van der Waals surface area contributed by atoms with E-state index < -0.39 is 0 Å². The van der Waals surface area contributed by atoms with Gasteiger partial charge in [0.05, 0.1) is 0 Å². The van der Waals surface area contributed by atoms with Crippen molar-refractivity contribution in [3.63, 3.8) is 0 Å². The summed E-state index contributed by atoms with van der Waals surface area (Å²) < 4.78 is 5.45. The fraction of sp³-hybridized carbons (Fsp3) is 0.733. The third-order valence-corrected chi connectivity index (χ3v) is 3.90. The monoisotopic (exact) mass is 278 g/mol. The summed E-state index contributed by atoms with van der Waals surface area (Å²) in [5.41, 5.74) is 1.14. The van der Waals surface area contributed by atoms with Crippen molar-refractivity contribution in [1.29, 1.82) is 0 Å². The lowest BCUT2D eigenvalue weighted by atomic mass is 10.1. The second-order valence-corrected chi connectivity index (χ2v) is 5.28. The van der Waals surface area contributed by atoms with Gasteiger partial charge in [-0.25, -0.2) is 9.97 Å². The number of aryl methyl sites for hydroxylation is 1. The molecule has 0 aromatic carbocycles. The summed E-state index contributed by atoms with van der Waals surface area (Å²) in [6.07, 6.45) is 2.99. The molecule has 0 spiro atoms. The Morgan fingerprint density at radius 3 is 2.55 bits per heavy atom. The minimum atomic E-state index is 0.511. The van der Waals surface area contributed by atoms with Gasteiger partial charge >= 0.3 is 0 Å². The van der Waals surface area contributed by atoms with Crippen LogP contribution in [0, 0.1) is 6.92 Å². The third-order valence-electron chi connectivity index (χ3n) is 3.90. The van der Waals surface area contributed by atoms with Gasteiger partial charge in [-0.2, -0.15) is 0 Å². The van der Waals surface area contributed by atoms with Crippen LogP contribution in [0.2, 0.25) is 0 Å². The van der Waals surface area contributed by atoms with E-state index in [-0.39, 0.29) is 0 Å². The van der Waals surface area contributed by atoms with Gasteiger partial charge < -0.3 is 15.0 Å². The first kappa shape index (κ1) is 15.0. The van der Waals surface area contributed by atoms with Crippen molar-refractivity contribution in [2.45, 2.75) is 46.1 Å². The first-order chi connectivity index (χ1) is 9.67. The molecule has 1 saturated heterocycles. The molecule has 1 aliphatic rings. The van der Waals surface area contributed by atoms with Crippen LogP contribution in [0.1, 0.15) is 38.1 Å². The normalized spacial score (nSPS) is 16.2. The molecule has 5 nitrogen and oxygen atoms in total. The van der Waals surface area contributed by atoms with Crippen LogP contribution in [-0.2, 0) is 11.2 Å². The van der Waals surface area contributed by atoms with E-state index in [1.807, 2.05) is 0 Å². The number of hydrogen-bond donors (Lipinski definition) is 1. The Morgan fingerprint density at radius 2 is 1.95 bits per heavy atom. The molecule has 0 saturated carbocycles. The molecule has 20 heavy (non-hydrogen) atoms. The van der Waals surface area contributed by atoms with E-state index in [1.165, 1.54) is 0 Å². The lowest BCUT2D eigenvalue weighted by Crippen LogP contribution is -2.37. The highest BCUT2D eigenvalue weighted by atomic mass is 16.5. The maximum Gasteiger partial charge on any atom is 0.137 e. The Labute approximate surface area is 121 Å². The Balaban J connectivity index is 2.30. The summed E-state index contributed by atoms with van der Waals surface area (Å²) >= 11 is 0. The quantitative estimate of drug-likeness (QED) is 0.896. The van der Waals surface area contributed by atoms with Gasteiger partial charge in [-0.05, 0) is 26.7 Å². The fourth-order valence-corrected chi connectivity index (χ4v) is 2.64. The van der Waals surface area contributed by atoms with Crippen LogP contribution in [0.25, 0.3) is 0 Å². The standard InChI is InChI=1S/C15H26N4O/c1-5-13-17-14(16-6-2)11(3)15(18-13)19(4)12-7-9-20-10-8-12/h12H,5-10H2,1-4H3,(H,16,17,18). The molecule has 112 valence electrons. The maximum atomic E-state index is 5.45. The molecule has 1 aromatic heterocycles. The fourth-order valence-electron chi connectivity index (χ4n) is 2.64. The van der Waals surface area contributed by atoms with Crippen molar-refractivity contribution in [3.8, 4) is 0 Å². The van der Waals surface area contributed by atoms with E-state index in [1.54, 1.807) is 0 Å². The van der Waals surface area contributed by atoms with Crippen LogP contribution in [-0.4, -0.2) is 42.8 Å². The maximum absolute atomic E-state index is 5.45. The van der Waals surface area contributed by atoms with Crippen molar-refractivity contribution in [2.75, 3.05) is 37.0 Å². The summed E-state index contributed by atoms with van der Waals surface area (Å²) in [4.78, 5) is 11.6. The van der Waals surface area contributed by atoms with Crippen LogP contribution in [0.5, 0.6) is 0 Å². The minimum absolute atomic E-state index is 0.511. The molecule has 0 bridgehead atoms. The molecule has 0 atom stereocenters. The Bertz CT molecular complexity index is 444. The molecule has 1 aromatic rings. The number of hydrogen-bond acceptors (Lipinski definition) is 5. The molecule has 0 unspecified atom stereocenters.